The van der Waals surface area contributed by atoms with E-state index in [1.165, 1.54) is 6.07 Å². The monoisotopic (exact) mass is 214 g/mol. The number of rotatable bonds is 1. The normalized spacial score (nSPS) is 18.6. The lowest BCUT2D eigenvalue weighted by Gasteiger charge is -2.26. The van der Waals surface area contributed by atoms with E-state index in [-0.39, 0.29) is 11.6 Å². The molecule has 3 heteroatoms. The molecule has 0 fully saturated rings. The highest BCUT2D eigenvalue weighted by molar-refractivity contribution is 5.38. The molecular weight excluding hydrogens is 203 g/mol. The van der Waals surface area contributed by atoms with E-state index >= 15 is 0 Å². The van der Waals surface area contributed by atoms with E-state index in [0.29, 0.717) is 0 Å². The predicted octanol–water partition coefficient (Wildman–Crippen LogP) is 2.75. The molecule has 80 valence electrons. The van der Waals surface area contributed by atoms with Gasteiger partial charge in [0.25, 0.3) is 0 Å². The molecule has 0 N–H and O–H groups in total. The third-order valence-electron chi connectivity index (χ3n) is 2.62. The van der Waals surface area contributed by atoms with Gasteiger partial charge in [0.15, 0.2) is 0 Å². The molecule has 0 aliphatic carbocycles. The first-order chi connectivity index (χ1) is 7.72. The fourth-order valence-corrected chi connectivity index (χ4v) is 1.74. The Kier molecular flexibility index (Phi) is 2.74. The van der Waals surface area contributed by atoms with Crippen molar-refractivity contribution in [1.29, 1.82) is 5.26 Å². The zero-order chi connectivity index (χ0) is 11.5. The fourth-order valence-electron chi connectivity index (χ4n) is 1.74. The summed E-state index contributed by atoms with van der Waals surface area (Å²) < 4.78 is 13.2. The molecule has 0 saturated carbocycles. The first kappa shape index (κ1) is 10.4. The number of nitriles is 1. The molecule has 0 spiro atoms. The molecule has 0 saturated heterocycles. The molecule has 0 radical (unpaired) electrons. The SMILES string of the molecule is CN1C=CC=CC1c1ccc(F)c(C#N)c1. The molecular formula is C13H11FN2. The van der Waals surface area contributed by atoms with Gasteiger partial charge in [-0.05, 0) is 30.0 Å². The van der Waals surface area contributed by atoms with E-state index in [4.69, 9.17) is 5.26 Å². The second-order valence-electron chi connectivity index (χ2n) is 3.69. The van der Waals surface area contributed by atoms with Gasteiger partial charge in [0, 0.05) is 7.05 Å². The van der Waals surface area contributed by atoms with E-state index < -0.39 is 5.82 Å². The number of hydrogen-bond acceptors (Lipinski definition) is 2. The standard InChI is InChI=1S/C13H11FN2/c1-16-7-3-2-4-13(16)10-5-6-12(14)11(8-10)9-15/h2-8,13H,1H3. The van der Waals surface area contributed by atoms with Crippen LogP contribution in [0.25, 0.3) is 0 Å². The highest BCUT2D eigenvalue weighted by Crippen LogP contribution is 2.25. The van der Waals surface area contributed by atoms with Gasteiger partial charge in [-0.15, -0.1) is 0 Å². The van der Waals surface area contributed by atoms with Crippen LogP contribution in [0.15, 0.2) is 42.6 Å². The first-order valence-corrected chi connectivity index (χ1v) is 4.99. The van der Waals surface area contributed by atoms with Crippen LogP contribution in [0.3, 0.4) is 0 Å². The Morgan fingerprint density at radius 2 is 2.19 bits per heavy atom. The van der Waals surface area contributed by atoms with E-state index in [0.717, 1.165) is 5.56 Å². The van der Waals surface area contributed by atoms with Crippen molar-refractivity contribution in [3.63, 3.8) is 0 Å². The smallest absolute Gasteiger partial charge is 0.140 e. The quantitative estimate of drug-likeness (QED) is 0.718. The Balaban J connectivity index is 2.38. The Labute approximate surface area is 93.9 Å². The molecule has 1 atom stereocenters. The second-order valence-corrected chi connectivity index (χ2v) is 3.69. The Bertz CT molecular complexity index is 497. The number of benzene rings is 1. The third-order valence-corrected chi connectivity index (χ3v) is 2.62. The molecule has 0 amide bonds. The van der Waals surface area contributed by atoms with Crippen molar-refractivity contribution >= 4 is 0 Å². The van der Waals surface area contributed by atoms with Crippen LogP contribution in [0, 0.1) is 17.1 Å². The van der Waals surface area contributed by atoms with Crippen LogP contribution in [0.4, 0.5) is 4.39 Å². The second kappa shape index (κ2) is 4.19. The number of nitrogens with zero attached hydrogens (tertiary/aromatic N) is 2. The average Bonchev–Trinajstić information content (AvgIpc) is 2.31. The zero-order valence-electron chi connectivity index (χ0n) is 8.89. The summed E-state index contributed by atoms with van der Waals surface area (Å²) in [4.78, 5) is 2.01. The van der Waals surface area contributed by atoms with Gasteiger partial charge in [-0.2, -0.15) is 5.26 Å². The number of hydrogen-bond donors (Lipinski definition) is 0. The van der Waals surface area contributed by atoms with Crippen molar-refractivity contribution in [2.45, 2.75) is 6.04 Å². The minimum Gasteiger partial charge on any atom is -0.370 e. The summed E-state index contributed by atoms with van der Waals surface area (Å²) in [5.74, 6) is -0.468. The maximum atomic E-state index is 13.2. The van der Waals surface area contributed by atoms with E-state index in [2.05, 4.69) is 0 Å². The van der Waals surface area contributed by atoms with Gasteiger partial charge in [-0.25, -0.2) is 4.39 Å². The van der Waals surface area contributed by atoms with Gasteiger partial charge in [-0.3, -0.25) is 0 Å². The summed E-state index contributed by atoms with van der Waals surface area (Å²) in [5.41, 5.74) is 1.01. The lowest BCUT2D eigenvalue weighted by Crippen LogP contribution is -2.18. The van der Waals surface area contributed by atoms with Gasteiger partial charge >= 0.3 is 0 Å². The summed E-state index contributed by atoms with van der Waals surface area (Å²) in [6, 6.07) is 6.57. The molecule has 2 nitrogen and oxygen atoms in total. The van der Waals surface area contributed by atoms with Crippen molar-refractivity contribution < 1.29 is 4.39 Å². The van der Waals surface area contributed by atoms with Gasteiger partial charge in [0.1, 0.15) is 11.9 Å². The summed E-state index contributed by atoms with van der Waals surface area (Å²) in [7, 11) is 1.94. The molecule has 1 aromatic rings. The van der Waals surface area contributed by atoms with E-state index in [1.807, 2.05) is 42.4 Å². The van der Waals surface area contributed by atoms with E-state index in [9.17, 15) is 4.39 Å². The van der Waals surface area contributed by atoms with Crippen LogP contribution in [0.2, 0.25) is 0 Å². The summed E-state index contributed by atoms with van der Waals surface area (Å²) in [5, 5.41) is 8.77. The topological polar surface area (TPSA) is 27.0 Å². The van der Waals surface area contributed by atoms with Crippen molar-refractivity contribution in [2.75, 3.05) is 7.05 Å². The van der Waals surface area contributed by atoms with Gasteiger partial charge in [0.05, 0.1) is 11.6 Å². The molecule has 1 unspecified atom stereocenters. The highest BCUT2D eigenvalue weighted by Gasteiger charge is 2.14. The van der Waals surface area contributed by atoms with Gasteiger partial charge < -0.3 is 4.90 Å². The van der Waals surface area contributed by atoms with Crippen LogP contribution >= 0.6 is 0 Å². The first-order valence-electron chi connectivity index (χ1n) is 4.99. The molecule has 2 rings (SSSR count). The van der Waals surface area contributed by atoms with Crippen molar-refractivity contribution in [3.8, 4) is 6.07 Å². The Hall–Kier alpha value is -2.08. The molecule has 1 heterocycles. The molecule has 1 aromatic carbocycles. The van der Waals surface area contributed by atoms with Gasteiger partial charge in [0.2, 0.25) is 0 Å². The van der Waals surface area contributed by atoms with Crippen LogP contribution in [-0.4, -0.2) is 11.9 Å². The van der Waals surface area contributed by atoms with Crippen molar-refractivity contribution in [1.82, 2.24) is 4.90 Å². The van der Waals surface area contributed by atoms with Crippen LogP contribution in [-0.2, 0) is 0 Å². The zero-order valence-corrected chi connectivity index (χ0v) is 8.89. The van der Waals surface area contributed by atoms with Crippen LogP contribution in [0.5, 0.6) is 0 Å². The maximum absolute atomic E-state index is 13.2. The predicted molar refractivity (Wildman–Crippen MR) is 59.9 cm³/mol. The van der Waals surface area contributed by atoms with Crippen LogP contribution < -0.4 is 0 Å². The lowest BCUT2D eigenvalue weighted by atomic mass is 10.0. The average molecular weight is 214 g/mol. The maximum Gasteiger partial charge on any atom is 0.140 e. The summed E-state index contributed by atoms with van der Waals surface area (Å²) in [6.07, 6.45) is 7.83. The Morgan fingerprint density at radius 3 is 2.88 bits per heavy atom. The number of likely N-dealkylation sites (N-methyl/N-ethyl adjacent to an activating group) is 1. The molecule has 0 bridgehead atoms. The molecule has 1 aliphatic heterocycles. The van der Waals surface area contributed by atoms with Crippen LogP contribution in [0.1, 0.15) is 17.2 Å². The summed E-state index contributed by atoms with van der Waals surface area (Å²) >= 11 is 0. The minimum absolute atomic E-state index is 0.0673. The van der Waals surface area contributed by atoms with Crippen molar-refractivity contribution in [2.24, 2.45) is 0 Å². The van der Waals surface area contributed by atoms with Crippen molar-refractivity contribution in [3.05, 3.63) is 59.6 Å². The number of halogens is 1. The number of allylic oxidation sites excluding steroid dienone is 2. The summed E-state index contributed by atoms with van der Waals surface area (Å²) in [6.45, 7) is 0. The van der Waals surface area contributed by atoms with E-state index in [1.54, 1.807) is 12.1 Å². The lowest BCUT2D eigenvalue weighted by molar-refractivity contribution is 0.389. The molecule has 1 aliphatic rings. The fraction of sp³-hybridized carbons (Fsp3) is 0.154. The minimum atomic E-state index is -0.468. The third kappa shape index (κ3) is 1.82. The van der Waals surface area contributed by atoms with Gasteiger partial charge in [-0.1, -0.05) is 18.2 Å². The molecule has 16 heavy (non-hydrogen) atoms. The largest absolute Gasteiger partial charge is 0.370 e. The highest BCUT2D eigenvalue weighted by atomic mass is 19.1. The Morgan fingerprint density at radius 1 is 1.38 bits per heavy atom. The molecule has 0 aromatic heterocycles.